The van der Waals surface area contributed by atoms with Gasteiger partial charge in [0.1, 0.15) is 19.8 Å². The molecule has 0 spiro atoms. The number of amides is 9. The zero-order valence-electron chi connectivity index (χ0n) is 44.9. The van der Waals surface area contributed by atoms with Gasteiger partial charge in [0.15, 0.2) is 0 Å². The Morgan fingerprint density at radius 3 is 1.01 bits per heavy atom. The van der Waals surface area contributed by atoms with Crippen molar-refractivity contribution in [3.05, 3.63) is 67.5 Å². The van der Waals surface area contributed by atoms with Crippen LogP contribution in [-0.4, -0.2) is 244 Å². The van der Waals surface area contributed by atoms with Gasteiger partial charge in [0, 0.05) is 77.7 Å². The van der Waals surface area contributed by atoms with Crippen LogP contribution >= 0.6 is 181 Å². The highest BCUT2D eigenvalue weighted by molar-refractivity contribution is 14.1. The lowest BCUT2D eigenvalue weighted by Crippen LogP contribution is -2.39. The minimum absolute atomic E-state index is 0.00619. The molecule has 0 aromatic heterocycles. The van der Waals surface area contributed by atoms with Crippen molar-refractivity contribution in [2.24, 2.45) is 0 Å². The van der Waals surface area contributed by atoms with Crippen molar-refractivity contribution in [2.75, 3.05) is 123 Å². The van der Waals surface area contributed by atoms with Gasteiger partial charge in [-0.25, -0.2) is 0 Å². The monoisotopic (exact) mass is 2080 g/mol. The summed E-state index contributed by atoms with van der Waals surface area (Å²) in [7, 11) is 4.09. The normalized spacial score (nSPS) is 12.2. The fraction of sp³-hybridized carbons (Fsp3) is 0.449. The molecule has 14 N–H and O–H groups in total. The zero-order chi connectivity index (χ0) is 63.8. The molecule has 35 heteroatoms. The lowest BCUT2D eigenvalue weighted by Gasteiger charge is -2.27. The molecule has 0 radical (unpaired) electrons. The Morgan fingerprint density at radius 2 is 0.679 bits per heavy atom. The van der Waals surface area contributed by atoms with Crippen molar-refractivity contribution in [2.45, 2.75) is 38.1 Å². The first-order valence-electron chi connectivity index (χ1n) is 24.6. The summed E-state index contributed by atoms with van der Waals surface area (Å²) in [6, 6.07) is 0. The van der Waals surface area contributed by atoms with E-state index in [-0.39, 0.29) is 143 Å². The number of likely N-dealkylation sites (N-methyl/N-ethyl adjacent to an activating group) is 3. The molecule has 27 nitrogen and oxygen atoms in total. The Morgan fingerprint density at radius 1 is 0.405 bits per heavy atom. The van der Waals surface area contributed by atoms with Crippen LogP contribution < -0.4 is 26.6 Å². The first-order valence-corrected chi connectivity index (χ1v) is 33.2. The van der Waals surface area contributed by atoms with Gasteiger partial charge in [0.25, 0.3) is 35.4 Å². The Balaban J connectivity index is 2.19. The summed E-state index contributed by atoms with van der Waals surface area (Å²) >= 11 is 14.5. The SMILES string of the molecule is Cc1c(NC(=O)CO)c(I)c(C(=O)NCCCN(CCCNC(=O)c2c(I)c(NC(=O)CO)c(I)c(C(=O)N(C)CC(O)CO)c2I)C(=O)c2c(I)c(NC(=O)CO)c(I)c(C(=O)N(C)CC(O)CO)c2I)c(I)c1C(=O)N(C)CC(O)CO. The summed E-state index contributed by atoms with van der Waals surface area (Å²) in [6.45, 7) is -4.76. The van der Waals surface area contributed by atoms with Crippen molar-refractivity contribution < 1.29 is 89.1 Å². The third-order valence-corrected chi connectivity index (χ3v) is 20.6. The lowest BCUT2D eigenvalue weighted by atomic mass is 10.0. The topological polar surface area (TPSA) is 409 Å². The number of carbonyl (C=O) groups is 9. The van der Waals surface area contributed by atoms with E-state index in [0.717, 1.165) is 14.7 Å². The van der Waals surface area contributed by atoms with Crippen LogP contribution in [0.4, 0.5) is 17.1 Å². The number of nitrogens with one attached hydrogen (secondary N) is 5. The van der Waals surface area contributed by atoms with E-state index in [0.29, 0.717) is 0 Å². The van der Waals surface area contributed by atoms with Crippen LogP contribution in [-0.2, 0) is 14.4 Å². The number of hydrogen-bond donors (Lipinski definition) is 14. The molecule has 0 saturated heterocycles. The molecule has 0 heterocycles. The van der Waals surface area contributed by atoms with E-state index in [1.165, 1.54) is 33.0 Å². The second-order valence-electron chi connectivity index (χ2n) is 18.2. The number of carbonyl (C=O) groups excluding carboxylic acids is 9. The van der Waals surface area contributed by atoms with Gasteiger partial charge in [-0.3, -0.25) is 43.2 Å². The smallest absolute Gasteiger partial charge is 0.256 e. The molecule has 3 aromatic rings. The quantitative estimate of drug-likeness (QED) is 0.0340. The fourth-order valence-corrected chi connectivity index (χ4v) is 19.3. The number of aliphatic hydroxyl groups excluding tert-OH is 9. The van der Waals surface area contributed by atoms with Crippen molar-refractivity contribution >= 4 is 251 Å². The van der Waals surface area contributed by atoms with Gasteiger partial charge in [-0.2, -0.15) is 0 Å². The highest BCUT2D eigenvalue weighted by Gasteiger charge is 2.35. The molecule has 9 amide bonds. The van der Waals surface area contributed by atoms with Crippen LogP contribution in [0.2, 0.25) is 0 Å². The third-order valence-electron chi connectivity index (χ3n) is 12.0. The van der Waals surface area contributed by atoms with Crippen LogP contribution in [0.25, 0.3) is 0 Å². The molecule has 0 saturated carbocycles. The highest BCUT2D eigenvalue weighted by Crippen LogP contribution is 2.39. The fourth-order valence-electron chi connectivity index (χ4n) is 7.79. The standard InChI is InChI=1S/C49H59I8N9O18/c1-20-27(46(81)63(2)11-21(73)14-67)33(50)28(36(53)41(20)60-24(76)17-70)44(79)58-7-5-9-66(49(84)32-35(52)31(48(83)65(4)13-23(75)16-69)39(56)43(40(32)57)62-26(78)19-72)10-6-8-59-45(80)29-34(51)30(47(82)64(3)12-22(74)15-68)38(55)42(37(29)54)61-25(77)18-71/h21-23,67-75H,5-19H2,1-4H3,(H,58,79)(H,59,80)(H,60,76)(H,61,77)(H,62,78). The van der Waals surface area contributed by atoms with E-state index in [4.69, 9.17) is 0 Å². The number of nitrogens with zero attached hydrogens (tertiary/aromatic N) is 4. The Labute approximate surface area is 590 Å². The first kappa shape index (κ1) is 76.6. The minimum atomic E-state index is -1.34. The predicted octanol–water partition coefficient (Wildman–Crippen LogP) is 0.982. The van der Waals surface area contributed by atoms with Gasteiger partial charge in [-0.15, -0.1) is 0 Å². The maximum atomic E-state index is 15.2. The average molecular weight is 2080 g/mol. The molecule has 3 unspecified atom stereocenters. The lowest BCUT2D eigenvalue weighted by molar-refractivity contribution is -0.119. The van der Waals surface area contributed by atoms with Crippen LogP contribution in [0.3, 0.4) is 0 Å². The first-order chi connectivity index (χ1) is 39.4. The highest BCUT2D eigenvalue weighted by atomic mass is 127. The minimum Gasteiger partial charge on any atom is -0.394 e. The van der Waals surface area contributed by atoms with Crippen molar-refractivity contribution in [3.63, 3.8) is 0 Å². The van der Waals surface area contributed by atoms with E-state index in [1.807, 2.05) is 181 Å². The van der Waals surface area contributed by atoms with Gasteiger partial charge in [-0.05, 0) is 206 Å². The summed E-state index contributed by atoms with van der Waals surface area (Å²) in [5, 5.41) is 101. The molecule has 0 aliphatic carbocycles. The molecule has 3 atom stereocenters. The molecule has 84 heavy (non-hydrogen) atoms. The molecule has 464 valence electrons. The van der Waals surface area contributed by atoms with E-state index < -0.39 is 111 Å². The molecule has 0 aliphatic rings. The Kier molecular flexibility index (Phi) is 33.1. The molecule has 0 bridgehead atoms. The van der Waals surface area contributed by atoms with Gasteiger partial charge in [-0.1, -0.05) is 0 Å². The number of aliphatic hydroxyl groups is 9. The van der Waals surface area contributed by atoms with Crippen molar-refractivity contribution in [1.82, 2.24) is 30.2 Å². The summed E-state index contributed by atoms with van der Waals surface area (Å²) in [5.41, 5.74) is 0.00616. The van der Waals surface area contributed by atoms with Crippen LogP contribution in [0.1, 0.15) is 80.6 Å². The Hall–Kier alpha value is -1.63. The Bertz CT molecular complexity index is 2880. The van der Waals surface area contributed by atoms with Crippen molar-refractivity contribution in [3.8, 4) is 0 Å². The number of anilines is 3. The van der Waals surface area contributed by atoms with E-state index in [2.05, 4.69) is 26.6 Å². The van der Waals surface area contributed by atoms with Crippen LogP contribution in [0.5, 0.6) is 0 Å². The van der Waals surface area contributed by atoms with Crippen LogP contribution in [0.15, 0.2) is 0 Å². The van der Waals surface area contributed by atoms with E-state index in [1.54, 1.807) is 0 Å². The second-order valence-corrected chi connectivity index (χ2v) is 26.8. The summed E-state index contributed by atoms with van der Waals surface area (Å²) in [6.07, 6.45) is -3.90. The number of benzene rings is 3. The maximum absolute atomic E-state index is 15.2. The summed E-state index contributed by atoms with van der Waals surface area (Å²) in [4.78, 5) is 128. The summed E-state index contributed by atoms with van der Waals surface area (Å²) in [5.74, 6) is -6.80. The second kappa shape index (κ2) is 36.3. The zero-order valence-corrected chi connectivity index (χ0v) is 62.1. The average Bonchev–Trinajstić information content (AvgIpc) is 1.22. The van der Waals surface area contributed by atoms with E-state index >= 15 is 4.79 Å². The molecular formula is C49H59I8N9O18. The molecule has 3 rings (SSSR count). The van der Waals surface area contributed by atoms with E-state index in [9.17, 15) is 84.3 Å². The predicted molar refractivity (Wildman–Crippen MR) is 373 cm³/mol. The molecule has 0 aliphatic heterocycles. The number of hydrogen-bond acceptors (Lipinski definition) is 18. The number of halogens is 8. The summed E-state index contributed by atoms with van der Waals surface area (Å²) < 4.78 is 1.34. The van der Waals surface area contributed by atoms with Gasteiger partial charge < -0.3 is 92.1 Å². The van der Waals surface area contributed by atoms with Crippen LogP contribution in [0, 0.1) is 35.5 Å². The maximum Gasteiger partial charge on any atom is 0.256 e. The van der Waals surface area contributed by atoms with Gasteiger partial charge in [0.05, 0.1) is 106 Å². The third kappa shape index (κ3) is 19.7. The molecule has 3 aromatic carbocycles. The molecular weight excluding hydrogens is 2020 g/mol. The van der Waals surface area contributed by atoms with Gasteiger partial charge in [0.2, 0.25) is 17.7 Å². The van der Waals surface area contributed by atoms with Crippen molar-refractivity contribution in [1.29, 1.82) is 0 Å². The number of rotatable bonds is 29. The van der Waals surface area contributed by atoms with Gasteiger partial charge >= 0.3 is 0 Å². The largest absolute Gasteiger partial charge is 0.394 e. The molecule has 0 fully saturated rings.